The van der Waals surface area contributed by atoms with Crippen LogP contribution in [0.2, 0.25) is 0 Å². The fourth-order valence-electron chi connectivity index (χ4n) is 2.71. The molecule has 7 nitrogen and oxygen atoms in total. The van der Waals surface area contributed by atoms with Gasteiger partial charge in [-0.3, -0.25) is 9.69 Å². The van der Waals surface area contributed by atoms with Gasteiger partial charge in [0.15, 0.2) is 0 Å². The number of benzene rings is 1. The van der Waals surface area contributed by atoms with Crippen LogP contribution in [-0.2, 0) is 30.4 Å². The van der Waals surface area contributed by atoms with Crippen molar-refractivity contribution < 1.29 is 28.6 Å². The lowest BCUT2D eigenvalue weighted by molar-refractivity contribution is -0.160. The molecule has 1 saturated heterocycles. The Morgan fingerprint density at radius 3 is 2.38 bits per heavy atom. The Balaban J connectivity index is 2.06. The van der Waals surface area contributed by atoms with Crippen LogP contribution in [0.25, 0.3) is 0 Å². The minimum Gasteiger partial charge on any atom is -0.461 e. The Kier molecular flexibility index (Phi) is 6.23. The van der Waals surface area contributed by atoms with Crippen LogP contribution in [0.5, 0.6) is 0 Å². The molecular formula is C19H25NO6. The third kappa shape index (κ3) is 5.75. The second-order valence-electron chi connectivity index (χ2n) is 7.21. The monoisotopic (exact) mass is 363 g/mol. The van der Waals surface area contributed by atoms with Gasteiger partial charge >= 0.3 is 18.0 Å². The number of amides is 1. The molecule has 0 bridgehead atoms. The fraction of sp³-hybridized carbons (Fsp3) is 0.526. The van der Waals surface area contributed by atoms with Crippen molar-refractivity contribution in [2.45, 2.75) is 58.5 Å². The number of hydrogen-bond donors (Lipinski definition) is 0. The average molecular weight is 363 g/mol. The number of esters is 2. The van der Waals surface area contributed by atoms with Crippen LogP contribution in [0.1, 0.15) is 39.7 Å². The number of carbonyl (C=O) groups excluding carboxylic acids is 3. The first-order valence-corrected chi connectivity index (χ1v) is 8.53. The summed E-state index contributed by atoms with van der Waals surface area (Å²) >= 11 is 0. The molecule has 142 valence electrons. The Bertz CT molecular complexity index is 652. The van der Waals surface area contributed by atoms with Gasteiger partial charge in [0.05, 0.1) is 6.54 Å². The molecule has 0 aliphatic carbocycles. The normalized spacial score (nSPS) is 19.8. The molecule has 1 fully saturated rings. The second-order valence-corrected chi connectivity index (χ2v) is 7.21. The molecule has 0 unspecified atom stereocenters. The maximum absolute atomic E-state index is 12.5. The summed E-state index contributed by atoms with van der Waals surface area (Å²) in [4.78, 5) is 37.4. The van der Waals surface area contributed by atoms with Crippen LogP contribution in [0.15, 0.2) is 30.3 Å². The number of nitrogens with zero attached hydrogens (tertiary/aromatic N) is 1. The van der Waals surface area contributed by atoms with Crippen molar-refractivity contribution in [1.29, 1.82) is 0 Å². The van der Waals surface area contributed by atoms with Gasteiger partial charge in [-0.1, -0.05) is 30.3 Å². The maximum atomic E-state index is 12.5. The summed E-state index contributed by atoms with van der Waals surface area (Å²) in [6.45, 7) is 6.73. The maximum Gasteiger partial charge on any atom is 0.410 e. The van der Waals surface area contributed by atoms with E-state index in [1.54, 1.807) is 20.8 Å². The van der Waals surface area contributed by atoms with Crippen molar-refractivity contribution in [1.82, 2.24) is 4.90 Å². The van der Waals surface area contributed by atoms with Gasteiger partial charge in [-0.15, -0.1) is 0 Å². The van der Waals surface area contributed by atoms with Crippen molar-refractivity contribution in [2.24, 2.45) is 0 Å². The Hall–Kier alpha value is -2.57. The van der Waals surface area contributed by atoms with E-state index in [2.05, 4.69) is 0 Å². The number of hydrogen-bond acceptors (Lipinski definition) is 6. The lowest BCUT2D eigenvalue weighted by Crippen LogP contribution is -2.43. The van der Waals surface area contributed by atoms with Crippen LogP contribution < -0.4 is 0 Å². The van der Waals surface area contributed by atoms with Crippen molar-refractivity contribution >= 4 is 18.0 Å². The van der Waals surface area contributed by atoms with Crippen LogP contribution in [0.4, 0.5) is 4.79 Å². The van der Waals surface area contributed by atoms with Gasteiger partial charge in [-0.25, -0.2) is 9.59 Å². The number of ether oxygens (including phenoxy) is 3. The minimum atomic E-state index is -0.846. The summed E-state index contributed by atoms with van der Waals surface area (Å²) in [7, 11) is 0. The number of rotatable bonds is 4. The third-order valence-electron chi connectivity index (χ3n) is 3.71. The molecule has 1 aromatic carbocycles. The van der Waals surface area contributed by atoms with Crippen molar-refractivity contribution in [3.8, 4) is 0 Å². The van der Waals surface area contributed by atoms with Gasteiger partial charge in [0, 0.05) is 13.3 Å². The van der Waals surface area contributed by atoms with Gasteiger partial charge in [0.1, 0.15) is 24.4 Å². The Labute approximate surface area is 153 Å². The van der Waals surface area contributed by atoms with E-state index >= 15 is 0 Å². The van der Waals surface area contributed by atoms with Crippen LogP contribution in [0, 0.1) is 0 Å². The molecule has 1 aromatic rings. The van der Waals surface area contributed by atoms with Crippen molar-refractivity contribution in [3.63, 3.8) is 0 Å². The highest BCUT2D eigenvalue weighted by Crippen LogP contribution is 2.25. The predicted molar refractivity (Wildman–Crippen MR) is 93.1 cm³/mol. The summed E-state index contributed by atoms with van der Waals surface area (Å²) in [5, 5.41) is 0. The predicted octanol–water partition coefficient (Wildman–Crippen LogP) is 2.67. The highest BCUT2D eigenvalue weighted by atomic mass is 16.6. The largest absolute Gasteiger partial charge is 0.461 e. The lowest BCUT2D eigenvalue weighted by atomic mass is 10.1. The molecule has 0 aromatic heterocycles. The summed E-state index contributed by atoms with van der Waals surface area (Å²) in [5.41, 5.74) is 0.154. The highest BCUT2D eigenvalue weighted by molar-refractivity contribution is 5.82. The zero-order valence-electron chi connectivity index (χ0n) is 15.6. The first kappa shape index (κ1) is 19.8. The highest BCUT2D eigenvalue weighted by Gasteiger charge is 2.43. The fourth-order valence-corrected chi connectivity index (χ4v) is 2.71. The molecule has 0 spiro atoms. The smallest absolute Gasteiger partial charge is 0.410 e. The zero-order chi connectivity index (χ0) is 19.3. The molecule has 0 N–H and O–H groups in total. The minimum absolute atomic E-state index is 0.0927. The zero-order valence-corrected chi connectivity index (χ0v) is 15.6. The molecule has 0 radical (unpaired) electrons. The van der Waals surface area contributed by atoms with Crippen molar-refractivity contribution in [3.05, 3.63) is 35.9 Å². The third-order valence-corrected chi connectivity index (χ3v) is 3.71. The first-order chi connectivity index (χ1) is 12.2. The molecular weight excluding hydrogens is 338 g/mol. The Morgan fingerprint density at radius 1 is 1.15 bits per heavy atom. The van der Waals surface area contributed by atoms with Gasteiger partial charge < -0.3 is 14.2 Å². The van der Waals surface area contributed by atoms with E-state index in [1.807, 2.05) is 30.3 Å². The second kappa shape index (κ2) is 8.21. The van der Waals surface area contributed by atoms with Gasteiger partial charge in [-0.05, 0) is 26.3 Å². The number of likely N-dealkylation sites (tertiary alicyclic amines) is 1. The molecule has 0 saturated carbocycles. The molecule has 1 aliphatic rings. The van der Waals surface area contributed by atoms with E-state index in [0.717, 1.165) is 5.56 Å². The quantitative estimate of drug-likeness (QED) is 0.604. The summed E-state index contributed by atoms with van der Waals surface area (Å²) < 4.78 is 15.9. The standard InChI is InChI=1S/C19H25NO6/c1-13(21)25-15-10-16(17(22)26-19(2,3)4)20(11-15)18(23)24-12-14-8-6-5-7-9-14/h5-9,15-16H,10-12H2,1-4H3/t15-,16+/m0/s1. The van der Waals surface area contributed by atoms with Gasteiger partial charge in [0.25, 0.3) is 0 Å². The Morgan fingerprint density at radius 2 is 1.81 bits per heavy atom. The van der Waals surface area contributed by atoms with E-state index < -0.39 is 35.8 Å². The van der Waals surface area contributed by atoms with E-state index in [1.165, 1.54) is 11.8 Å². The van der Waals surface area contributed by atoms with Gasteiger partial charge in [-0.2, -0.15) is 0 Å². The van der Waals surface area contributed by atoms with E-state index in [9.17, 15) is 14.4 Å². The molecule has 2 atom stereocenters. The van der Waals surface area contributed by atoms with Crippen LogP contribution >= 0.6 is 0 Å². The van der Waals surface area contributed by atoms with E-state index in [4.69, 9.17) is 14.2 Å². The van der Waals surface area contributed by atoms with Crippen LogP contribution in [-0.4, -0.2) is 47.2 Å². The van der Waals surface area contributed by atoms with Crippen molar-refractivity contribution in [2.75, 3.05) is 6.54 Å². The van der Waals surface area contributed by atoms with E-state index in [-0.39, 0.29) is 19.6 Å². The van der Waals surface area contributed by atoms with Gasteiger partial charge in [0.2, 0.25) is 0 Å². The summed E-state index contributed by atoms with van der Waals surface area (Å²) in [6.07, 6.45) is -1.01. The average Bonchev–Trinajstić information content (AvgIpc) is 2.95. The lowest BCUT2D eigenvalue weighted by Gasteiger charge is -2.26. The molecule has 1 heterocycles. The SMILES string of the molecule is CC(=O)O[C@H]1C[C@H](C(=O)OC(C)(C)C)N(C(=O)OCc2ccccc2)C1. The van der Waals surface area contributed by atoms with Crippen LogP contribution in [0.3, 0.4) is 0 Å². The molecule has 26 heavy (non-hydrogen) atoms. The molecule has 2 rings (SSSR count). The van der Waals surface area contributed by atoms with E-state index in [0.29, 0.717) is 0 Å². The molecule has 1 amide bonds. The topological polar surface area (TPSA) is 82.1 Å². The number of carbonyl (C=O) groups is 3. The molecule has 7 heteroatoms. The summed E-state index contributed by atoms with van der Waals surface area (Å²) in [6, 6.07) is 8.39. The summed E-state index contributed by atoms with van der Waals surface area (Å²) in [5.74, 6) is -0.999. The first-order valence-electron chi connectivity index (χ1n) is 8.53. The molecule has 1 aliphatic heterocycles.